The van der Waals surface area contributed by atoms with Gasteiger partial charge in [-0.25, -0.2) is 0 Å². The molecular weight excluding hydrogens is 390 g/mol. The van der Waals surface area contributed by atoms with Gasteiger partial charge in [0.05, 0.1) is 20.3 Å². The monoisotopic (exact) mass is 416 g/mol. The second kappa shape index (κ2) is 9.87. The summed E-state index contributed by atoms with van der Waals surface area (Å²) >= 11 is 6.02. The molecule has 2 N–H and O–H groups in total. The number of ether oxygens (including phenoxy) is 1. The average molecular weight is 417 g/mol. The van der Waals surface area contributed by atoms with Gasteiger partial charge in [-0.15, -0.1) is 0 Å². The number of benzene rings is 2. The zero-order valence-corrected chi connectivity index (χ0v) is 17.6. The predicted molar refractivity (Wildman–Crippen MR) is 113 cm³/mol. The maximum atomic E-state index is 12.5. The number of amides is 2. The molecule has 7 heteroatoms. The summed E-state index contributed by atoms with van der Waals surface area (Å²) in [5.41, 5.74) is 3.30. The molecule has 0 aromatic heterocycles. The Hall–Kier alpha value is -2.41. The van der Waals surface area contributed by atoms with E-state index in [0.29, 0.717) is 55.7 Å². The maximum Gasteiger partial charge on any atom is 0.277 e. The van der Waals surface area contributed by atoms with Gasteiger partial charge in [-0.1, -0.05) is 23.7 Å². The number of carbonyl (C=O) groups is 2. The number of morpholine rings is 1. The highest BCUT2D eigenvalue weighted by atomic mass is 35.5. The van der Waals surface area contributed by atoms with E-state index in [1.54, 1.807) is 12.1 Å². The van der Waals surface area contributed by atoms with E-state index in [2.05, 4.69) is 5.32 Å². The molecule has 3 rings (SSSR count). The molecule has 29 heavy (non-hydrogen) atoms. The third-order valence-electron chi connectivity index (χ3n) is 4.95. The van der Waals surface area contributed by atoms with Gasteiger partial charge in [0.25, 0.3) is 11.8 Å². The van der Waals surface area contributed by atoms with Crippen LogP contribution >= 0.6 is 11.6 Å². The number of quaternary nitrogens is 1. The van der Waals surface area contributed by atoms with Crippen LogP contribution in [-0.4, -0.2) is 56.6 Å². The van der Waals surface area contributed by atoms with Crippen molar-refractivity contribution in [1.82, 2.24) is 4.90 Å². The molecule has 1 saturated heterocycles. The summed E-state index contributed by atoms with van der Waals surface area (Å²) in [6, 6.07) is 12.9. The lowest BCUT2D eigenvalue weighted by Crippen LogP contribution is -3.08. The van der Waals surface area contributed by atoms with Crippen molar-refractivity contribution in [3.8, 4) is 0 Å². The number of nitrogens with zero attached hydrogens (tertiary/aromatic N) is 1. The van der Waals surface area contributed by atoms with E-state index >= 15 is 0 Å². The molecule has 1 atom stereocenters. The molecule has 0 radical (unpaired) electrons. The first kappa shape index (κ1) is 21.3. The molecule has 1 unspecified atom stereocenters. The molecule has 2 amide bonds. The highest BCUT2D eigenvalue weighted by Gasteiger charge is 2.20. The standard InChI is InChI=1S/C22H26ClN3O3/c1-16-13-19(7-8-20(16)23)24-22(28)18-5-3-17(4-6-18)14-25(2)15-21(27)26-9-11-29-12-10-26/h3-8,13H,9-12,14-15H2,1-2H3,(H,24,28)/p+1. The van der Waals surface area contributed by atoms with Gasteiger partial charge in [-0.05, 0) is 42.8 Å². The molecule has 0 saturated carbocycles. The van der Waals surface area contributed by atoms with E-state index in [4.69, 9.17) is 16.3 Å². The Bertz CT molecular complexity index is 864. The zero-order valence-electron chi connectivity index (χ0n) is 16.8. The second-order valence-corrected chi connectivity index (χ2v) is 7.83. The van der Waals surface area contributed by atoms with Crippen LogP contribution in [0.25, 0.3) is 0 Å². The SMILES string of the molecule is Cc1cc(NC(=O)c2ccc(C[NH+](C)CC(=O)N3CCOCC3)cc2)ccc1Cl. The minimum Gasteiger partial charge on any atom is -0.378 e. The Morgan fingerprint density at radius 1 is 1.14 bits per heavy atom. The number of halogens is 1. The number of aryl methyl sites for hydroxylation is 1. The molecular formula is C22H27ClN3O3+. The average Bonchev–Trinajstić information content (AvgIpc) is 2.72. The van der Waals surface area contributed by atoms with Crippen molar-refractivity contribution >= 4 is 29.1 Å². The van der Waals surface area contributed by atoms with E-state index in [9.17, 15) is 9.59 Å². The van der Waals surface area contributed by atoms with Gasteiger partial charge in [0.15, 0.2) is 6.54 Å². The lowest BCUT2D eigenvalue weighted by Gasteiger charge is -2.27. The van der Waals surface area contributed by atoms with Gasteiger partial charge < -0.3 is 19.9 Å². The fourth-order valence-electron chi connectivity index (χ4n) is 3.29. The first-order chi connectivity index (χ1) is 13.9. The molecule has 0 bridgehead atoms. The van der Waals surface area contributed by atoms with Crippen molar-refractivity contribution in [3.05, 3.63) is 64.2 Å². The molecule has 6 nitrogen and oxygen atoms in total. The molecule has 1 aliphatic heterocycles. The minimum atomic E-state index is -0.165. The van der Waals surface area contributed by atoms with Crippen molar-refractivity contribution in [2.75, 3.05) is 45.2 Å². The Balaban J connectivity index is 1.52. The van der Waals surface area contributed by atoms with Crippen molar-refractivity contribution in [1.29, 1.82) is 0 Å². The highest BCUT2D eigenvalue weighted by Crippen LogP contribution is 2.20. The summed E-state index contributed by atoms with van der Waals surface area (Å²) in [6.45, 7) is 5.63. The van der Waals surface area contributed by atoms with Crippen molar-refractivity contribution < 1.29 is 19.2 Å². The summed E-state index contributed by atoms with van der Waals surface area (Å²) in [4.78, 5) is 27.8. The third-order valence-corrected chi connectivity index (χ3v) is 5.38. The van der Waals surface area contributed by atoms with Gasteiger partial charge in [0.2, 0.25) is 0 Å². The van der Waals surface area contributed by atoms with Crippen molar-refractivity contribution in [2.45, 2.75) is 13.5 Å². The van der Waals surface area contributed by atoms with Crippen molar-refractivity contribution in [3.63, 3.8) is 0 Å². The smallest absolute Gasteiger partial charge is 0.277 e. The molecule has 1 aliphatic rings. The Morgan fingerprint density at radius 3 is 2.48 bits per heavy atom. The maximum absolute atomic E-state index is 12.5. The predicted octanol–water partition coefficient (Wildman–Crippen LogP) is 1.77. The van der Waals surface area contributed by atoms with E-state index in [-0.39, 0.29) is 11.8 Å². The number of rotatable bonds is 6. The van der Waals surface area contributed by atoms with Gasteiger partial charge in [-0.3, -0.25) is 9.59 Å². The topological polar surface area (TPSA) is 63.1 Å². The second-order valence-electron chi connectivity index (χ2n) is 7.42. The first-order valence-electron chi connectivity index (χ1n) is 9.75. The van der Waals surface area contributed by atoms with Crippen LogP contribution in [0.4, 0.5) is 5.69 Å². The van der Waals surface area contributed by atoms with Crippen LogP contribution in [-0.2, 0) is 16.1 Å². The van der Waals surface area contributed by atoms with E-state index < -0.39 is 0 Å². The summed E-state index contributed by atoms with van der Waals surface area (Å²) < 4.78 is 5.29. The Kier molecular flexibility index (Phi) is 7.25. The van der Waals surface area contributed by atoms with E-state index in [1.165, 1.54) is 0 Å². The zero-order chi connectivity index (χ0) is 20.8. The van der Waals surface area contributed by atoms with E-state index in [1.807, 2.05) is 49.2 Å². The quantitative estimate of drug-likeness (QED) is 0.754. The van der Waals surface area contributed by atoms with Crippen molar-refractivity contribution in [2.24, 2.45) is 0 Å². The van der Waals surface area contributed by atoms with Gasteiger partial charge in [0, 0.05) is 34.9 Å². The van der Waals surface area contributed by atoms with Crippen LogP contribution in [0.15, 0.2) is 42.5 Å². The Labute approximate surface area is 176 Å². The van der Waals surface area contributed by atoms with Crippen LogP contribution in [0.3, 0.4) is 0 Å². The number of likely N-dealkylation sites (N-methyl/N-ethyl adjacent to an activating group) is 1. The Morgan fingerprint density at radius 2 is 1.83 bits per heavy atom. The number of nitrogens with one attached hydrogen (secondary N) is 2. The van der Waals surface area contributed by atoms with Crippen LogP contribution in [0, 0.1) is 6.92 Å². The fourth-order valence-corrected chi connectivity index (χ4v) is 3.41. The molecule has 1 fully saturated rings. The normalized spacial score (nSPS) is 15.1. The molecule has 1 heterocycles. The summed E-state index contributed by atoms with van der Waals surface area (Å²) in [5, 5.41) is 3.56. The lowest BCUT2D eigenvalue weighted by atomic mass is 10.1. The van der Waals surface area contributed by atoms with Gasteiger partial charge in [0.1, 0.15) is 6.54 Å². The van der Waals surface area contributed by atoms with E-state index in [0.717, 1.165) is 16.0 Å². The molecule has 2 aromatic rings. The number of hydrogen-bond acceptors (Lipinski definition) is 3. The van der Waals surface area contributed by atoms with Crippen LogP contribution in [0.5, 0.6) is 0 Å². The summed E-state index contributed by atoms with van der Waals surface area (Å²) in [6.07, 6.45) is 0. The number of anilines is 1. The fraction of sp³-hybridized carbons (Fsp3) is 0.364. The minimum absolute atomic E-state index is 0.153. The highest BCUT2D eigenvalue weighted by molar-refractivity contribution is 6.31. The molecule has 0 spiro atoms. The molecule has 154 valence electrons. The van der Waals surface area contributed by atoms with Crippen LogP contribution in [0.2, 0.25) is 5.02 Å². The lowest BCUT2D eigenvalue weighted by molar-refractivity contribution is -0.885. The van der Waals surface area contributed by atoms with Crippen LogP contribution in [0.1, 0.15) is 21.5 Å². The number of carbonyl (C=O) groups excluding carboxylic acids is 2. The molecule has 0 aliphatic carbocycles. The first-order valence-corrected chi connectivity index (χ1v) is 10.1. The molecule has 2 aromatic carbocycles. The largest absolute Gasteiger partial charge is 0.378 e. The third kappa shape index (κ3) is 6.03. The summed E-state index contributed by atoms with van der Waals surface area (Å²) in [5.74, 6) is -0.0125. The number of hydrogen-bond donors (Lipinski definition) is 2. The summed E-state index contributed by atoms with van der Waals surface area (Å²) in [7, 11) is 2.00. The van der Waals surface area contributed by atoms with Crippen LogP contribution < -0.4 is 10.2 Å². The van der Waals surface area contributed by atoms with Gasteiger partial charge >= 0.3 is 0 Å². The van der Waals surface area contributed by atoms with Gasteiger partial charge in [-0.2, -0.15) is 0 Å².